The molecule has 0 amide bonds. The van der Waals surface area contributed by atoms with Crippen LogP contribution in [0.1, 0.15) is 13.8 Å². The van der Waals surface area contributed by atoms with Gasteiger partial charge >= 0.3 is 0 Å². The third-order valence-corrected chi connectivity index (χ3v) is 6.19. The van der Waals surface area contributed by atoms with Crippen molar-refractivity contribution in [2.24, 2.45) is 0 Å². The van der Waals surface area contributed by atoms with Gasteiger partial charge in [-0.05, 0) is 44.3 Å². The van der Waals surface area contributed by atoms with E-state index in [4.69, 9.17) is 4.74 Å². The van der Waals surface area contributed by atoms with Crippen molar-refractivity contribution >= 4 is 20.9 Å². The summed E-state index contributed by atoms with van der Waals surface area (Å²) in [6.45, 7) is 5.47. The summed E-state index contributed by atoms with van der Waals surface area (Å²) in [5, 5.41) is 0. The summed E-state index contributed by atoms with van der Waals surface area (Å²) in [6.07, 6.45) is 4.58. The van der Waals surface area contributed by atoms with E-state index in [-0.39, 0.29) is 9.80 Å². The highest BCUT2D eigenvalue weighted by atomic mass is 32.2. The summed E-state index contributed by atoms with van der Waals surface area (Å²) in [6, 6.07) is 7.75. The first-order valence-electron chi connectivity index (χ1n) is 7.43. The summed E-state index contributed by atoms with van der Waals surface area (Å²) in [5.74, 6) is 0. The van der Waals surface area contributed by atoms with Gasteiger partial charge in [0.1, 0.15) is 0 Å². The zero-order valence-corrected chi connectivity index (χ0v) is 15.6. The number of hydrogen-bond donors (Lipinski definition) is 1. The molecule has 0 saturated carbocycles. The molecule has 6 nitrogen and oxygen atoms in total. The zero-order chi connectivity index (χ0) is 18.2. The maximum absolute atomic E-state index is 12.8. The Morgan fingerprint density at radius 1 is 1.29 bits per heavy atom. The summed E-state index contributed by atoms with van der Waals surface area (Å²) < 4.78 is 51.5. The maximum atomic E-state index is 12.8. The van der Waals surface area contributed by atoms with Gasteiger partial charge in [0.2, 0.25) is 9.84 Å². The second-order valence-corrected chi connectivity index (χ2v) is 7.72. The van der Waals surface area contributed by atoms with Crippen LogP contribution in [-0.2, 0) is 25.7 Å². The number of sulfone groups is 1. The van der Waals surface area contributed by atoms with Gasteiger partial charge in [0.05, 0.1) is 9.80 Å². The summed E-state index contributed by atoms with van der Waals surface area (Å²) in [5.41, 5.74) is -1.46. The van der Waals surface area contributed by atoms with Gasteiger partial charge in [-0.1, -0.05) is 18.2 Å². The molecule has 8 heteroatoms. The van der Waals surface area contributed by atoms with E-state index in [1.807, 2.05) is 18.7 Å². The van der Waals surface area contributed by atoms with Crippen LogP contribution < -0.4 is 0 Å². The van der Waals surface area contributed by atoms with Crippen molar-refractivity contribution in [1.82, 2.24) is 4.90 Å². The minimum Gasteiger partial charge on any atom is -0.378 e. The lowest BCUT2D eigenvalue weighted by Gasteiger charge is -2.17. The average Bonchev–Trinajstić information content (AvgIpc) is 2.58. The Labute approximate surface area is 146 Å². The Bertz CT molecular complexity index is 694. The third-order valence-electron chi connectivity index (χ3n) is 3.36. The van der Waals surface area contributed by atoms with Gasteiger partial charge in [0.15, 0.2) is 16.5 Å². The zero-order valence-electron chi connectivity index (χ0n) is 14.0. The van der Waals surface area contributed by atoms with E-state index in [1.54, 1.807) is 30.5 Å². The minimum atomic E-state index is -3.96. The Morgan fingerprint density at radius 2 is 1.88 bits per heavy atom. The number of ether oxygens (including phenoxy) is 1. The van der Waals surface area contributed by atoms with Crippen molar-refractivity contribution in [1.29, 1.82) is 0 Å². The van der Waals surface area contributed by atoms with Crippen molar-refractivity contribution in [2.75, 3.05) is 20.2 Å². The second-order valence-electron chi connectivity index (χ2n) is 4.79. The standard InChI is InChI=1S/C16H23NO5S2/c1-4-17(5-2)13-9-12-15(16(22-3)23(18)19)24(20,21)14-10-7-6-8-11-14/h6-13,16H,4-5H2,1-3H3,(H,18,19). The molecule has 2 unspecified atom stereocenters. The van der Waals surface area contributed by atoms with Crippen LogP contribution in [-0.4, -0.2) is 47.7 Å². The fourth-order valence-electron chi connectivity index (χ4n) is 2.02. The van der Waals surface area contributed by atoms with E-state index in [2.05, 4.69) is 0 Å². The molecule has 1 aromatic carbocycles. The highest BCUT2D eigenvalue weighted by molar-refractivity contribution is 7.96. The van der Waals surface area contributed by atoms with Gasteiger partial charge < -0.3 is 14.2 Å². The number of allylic oxidation sites excluding steroid dienone is 2. The molecule has 0 aliphatic heterocycles. The Kier molecular flexibility index (Phi) is 8.34. The number of methoxy groups -OCH3 is 1. The van der Waals surface area contributed by atoms with E-state index in [0.717, 1.165) is 13.1 Å². The van der Waals surface area contributed by atoms with Gasteiger partial charge in [0, 0.05) is 20.2 Å². The molecule has 134 valence electrons. The second kappa shape index (κ2) is 9.73. The number of benzene rings is 1. The lowest BCUT2D eigenvalue weighted by Crippen LogP contribution is -2.25. The average molecular weight is 373 g/mol. The molecule has 0 radical (unpaired) electrons. The van der Waals surface area contributed by atoms with Crippen molar-refractivity contribution in [2.45, 2.75) is 24.2 Å². The van der Waals surface area contributed by atoms with Crippen LogP contribution in [0.15, 0.2) is 58.5 Å². The van der Waals surface area contributed by atoms with Crippen LogP contribution in [0.5, 0.6) is 0 Å². The molecule has 0 saturated heterocycles. The van der Waals surface area contributed by atoms with Gasteiger partial charge in [-0.25, -0.2) is 12.6 Å². The predicted molar refractivity (Wildman–Crippen MR) is 95.3 cm³/mol. The summed E-state index contributed by atoms with van der Waals surface area (Å²) in [4.78, 5) is 1.74. The number of hydrogen-bond acceptors (Lipinski definition) is 5. The van der Waals surface area contributed by atoms with Crippen molar-refractivity contribution in [3.63, 3.8) is 0 Å². The molecule has 2 atom stereocenters. The highest BCUT2D eigenvalue weighted by Gasteiger charge is 2.31. The van der Waals surface area contributed by atoms with Crippen LogP contribution in [0.2, 0.25) is 0 Å². The van der Waals surface area contributed by atoms with E-state index in [9.17, 15) is 17.2 Å². The molecular weight excluding hydrogens is 350 g/mol. The Balaban J connectivity index is 3.36. The lowest BCUT2D eigenvalue weighted by molar-refractivity contribution is 0.192. The molecule has 24 heavy (non-hydrogen) atoms. The van der Waals surface area contributed by atoms with E-state index >= 15 is 0 Å². The first kappa shape index (κ1) is 20.6. The molecule has 0 aromatic heterocycles. The quantitative estimate of drug-likeness (QED) is 0.529. The first-order valence-corrected chi connectivity index (χ1v) is 10.1. The van der Waals surface area contributed by atoms with Gasteiger partial charge in [-0.2, -0.15) is 0 Å². The number of rotatable bonds is 9. The third kappa shape index (κ3) is 5.27. The first-order chi connectivity index (χ1) is 11.4. The monoisotopic (exact) mass is 373 g/mol. The molecule has 0 aliphatic rings. The smallest absolute Gasteiger partial charge is 0.206 e. The highest BCUT2D eigenvalue weighted by Crippen LogP contribution is 2.24. The molecule has 0 fully saturated rings. The van der Waals surface area contributed by atoms with E-state index < -0.39 is 26.4 Å². The van der Waals surface area contributed by atoms with Crippen LogP contribution in [0.4, 0.5) is 0 Å². The normalized spacial score (nSPS) is 15.4. The summed E-state index contributed by atoms with van der Waals surface area (Å²) >= 11 is -2.49. The largest absolute Gasteiger partial charge is 0.378 e. The number of nitrogens with zero attached hydrogens (tertiary/aromatic N) is 1. The van der Waals surface area contributed by atoms with Crippen molar-refractivity contribution in [3.05, 3.63) is 53.6 Å². The molecular formula is C16H23NO5S2. The Morgan fingerprint density at radius 3 is 2.33 bits per heavy atom. The van der Waals surface area contributed by atoms with Gasteiger partial charge in [-0.15, -0.1) is 0 Å². The van der Waals surface area contributed by atoms with E-state index in [1.165, 1.54) is 25.3 Å². The SMILES string of the molecule is CCN(C=CC=C(C(OC)S(=O)O)S(=O)(=O)c1ccccc1)CC. The fraction of sp³-hybridized carbons (Fsp3) is 0.375. The summed E-state index contributed by atoms with van der Waals surface area (Å²) in [7, 11) is -2.76. The Hall–Kier alpha value is -1.48. The predicted octanol–water partition coefficient (Wildman–Crippen LogP) is 2.39. The minimum absolute atomic E-state index is 0.0417. The lowest BCUT2D eigenvalue weighted by atomic mass is 10.4. The van der Waals surface area contributed by atoms with Crippen LogP contribution >= 0.6 is 0 Å². The van der Waals surface area contributed by atoms with Gasteiger partial charge in [0.25, 0.3) is 0 Å². The molecule has 1 N–H and O–H groups in total. The fourth-order valence-corrected chi connectivity index (χ4v) is 4.49. The molecule has 1 aromatic rings. The van der Waals surface area contributed by atoms with Crippen molar-refractivity contribution < 1.29 is 21.9 Å². The molecule has 1 rings (SSSR count). The van der Waals surface area contributed by atoms with Gasteiger partial charge in [-0.3, -0.25) is 0 Å². The van der Waals surface area contributed by atoms with E-state index in [0.29, 0.717) is 0 Å². The molecule has 0 bridgehead atoms. The topological polar surface area (TPSA) is 83.9 Å². The van der Waals surface area contributed by atoms with Crippen molar-refractivity contribution in [3.8, 4) is 0 Å². The van der Waals surface area contributed by atoms with Crippen LogP contribution in [0.25, 0.3) is 0 Å². The molecule has 0 spiro atoms. The van der Waals surface area contributed by atoms with Crippen LogP contribution in [0, 0.1) is 0 Å². The molecule has 0 heterocycles. The van der Waals surface area contributed by atoms with Crippen LogP contribution in [0.3, 0.4) is 0 Å². The maximum Gasteiger partial charge on any atom is 0.206 e. The molecule has 0 aliphatic carbocycles.